The summed E-state index contributed by atoms with van der Waals surface area (Å²) in [5.74, 6) is 1.92. The average Bonchev–Trinajstić information content (AvgIpc) is 3.59. The van der Waals surface area contributed by atoms with Crippen LogP contribution < -0.4 is 23.7 Å². The number of fused-ring (bicyclic) bond motifs is 3. The number of hydrogen-bond donors (Lipinski definition) is 1. The third kappa shape index (κ3) is 4.09. The van der Waals surface area contributed by atoms with Gasteiger partial charge in [-0.1, -0.05) is 6.07 Å². The number of rotatable bonds is 7. The first-order chi connectivity index (χ1) is 19.0. The molecule has 206 valence electrons. The lowest BCUT2D eigenvalue weighted by Crippen LogP contribution is -2.56. The van der Waals surface area contributed by atoms with Crippen molar-refractivity contribution in [3.63, 3.8) is 0 Å². The van der Waals surface area contributed by atoms with Crippen LogP contribution in [0.25, 0.3) is 21.9 Å². The van der Waals surface area contributed by atoms with Crippen LogP contribution in [-0.2, 0) is 25.6 Å². The Morgan fingerprint density at radius 3 is 2.33 bits per heavy atom. The van der Waals surface area contributed by atoms with E-state index >= 15 is 0 Å². The second kappa shape index (κ2) is 10.1. The molecular weight excluding hydrogens is 512 g/mol. The Labute approximate surface area is 224 Å². The second-order valence-corrected chi connectivity index (χ2v) is 9.24. The van der Waals surface area contributed by atoms with Gasteiger partial charge in [0.1, 0.15) is 30.7 Å². The van der Waals surface area contributed by atoms with E-state index in [0.717, 1.165) is 5.56 Å². The molecule has 6 rings (SSSR count). The Morgan fingerprint density at radius 2 is 1.62 bits per heavy atom. The summed E-state index contributed by atoms with van der Waals surface area (Å²) in [5, 5.41) is 12.3. The molecule has 1 fully saturated rings. The molecule has 3 aliphatic heterocycles. The third-order valence-electron chi connectivity index (χ3n) is 7.29. The quantitative estimate of drug-likeness (QED) is 0.445. The van der Waals surface area contributed by atoms with Gasteiger partial charge >= 0.3 is 5.97 Å². The van der Waals surface area contributed by atoms with Crippen LogP contribution in [0.5, 0.6) is 28.7 Å². The minimum Gasteiger partial charge on any atom is -0.493 e. The molecule has 0 amide bonds. The molecule has 11 nitrogen and oxygen atoms in total. The molecule has 3 heterocycles. The van der Waals surface area contributed by atoms with Crippen LogP contribution in [0.4, 0.5) is 0 Å². The highest BCUT2D eigenvalue weighted by molar-refractivity contribution is 6.14. The predicted octanol–water partition coefficient (Wildman–Crippen LogP) is 3.05. The van der Waals surface area contributed by atoms with Crippen LogP contribution in [0.1, 0.15) is 15.9 Å². The maximum Gasteiger partial charge on any atom is 0.339 e. The molecule has 39 heavy (non-hydrogen) atoms. The fraction of sp³-hybridized carbons (Fsp3) is 0.393. The van der Waals surface area contributed by atoms with E-state index in [1.165, 1.54) is 28.4 Å². The van der Waals surface area contributed by atoms with Gasteiger partial charge in [0.2, 0.25) is 13.1 Å². The van der Waals surface area contributed by atoms with Gasteiger partial charge < -0.3 is 47.7 Å². The van der Waals surface area contributed by atoms with Crippen molar-refractivity contribution < 1.29 is 52.5 Å². The van der Waals surface area contributed by atoms with Crippen LogP contribution >= 0.6 is 0 Å². The molecule has 3 aliphatic rings. The standard InChI is InChI=1S/C28H28O11/c1-31-18-8-14-15(9-19(18)32-2)25(39-28-24(29)26(34-4)21(33-3)11-36-28)16-10-35-27(30)23(16)22(14)13-5-6-17-20(7-13)38-12-37-17/h5-9,21,24,26,28-29H,10-12H2,1-4H3/t21-,24-,26+,28-/m1/s1. The van der Waals surface area contributed by atoms with E-state index in [4.69, 9.17) is 42.6 Å². The molecular formula is C28H28O11. The van der Waals surface area contributed by atoms with E-state index in [1.54, 1.807) is 18.2 Å². The number of aliphatic hydroxyl groups is 1. The zero-order valence-electron chi connectivity index (χ0n) is 21.8. The summed E-state index contributed by atoms with van der Waals surface area (Å²) in [5.41, 5.74) is 2.20. The Balaban J connectivity index is 1.57. The first kappa shape index (κ1) is 25.5. The molecule has 0 unspecified atom stereocenters. The largest absolute Gasteiger partial charge is 0.493 e. The summed E-state index contributed by atoms with van der Waals surface area (Å²) in [6.45, 7) is 0.231. The van der Waals surface area contributed by atoms with Crippen LogP contribution in [0.15, 0.2) is 30.3 Å². The Morgan fingerprint density at radius 1 is 0.872 bits per heavy atom. The number of ether oxygens (including phenoxy) is 9. The molecule has 0 aromatic heterocycles. The van der Waals surface area contributed by atoms with Crippen molar-refractivity contribution >= 4 is 16.7 Å². The van der Waals surface area contributed by atoms with Gasteiger partial charge in [0.25, 0.3) is 0 Å². The van der Waals surface area contributed by atoms with Gasteiger partial charge in [-0.25, -0.2) is 4.79 Å². The molecule has 0 bridgehead atoms. The molecule has 3 aromatic rings. The number of carbonyl (C=O) groups excluding carboxylic acids is 1. The Bertz CT molecular complexity index is 1440. The lowest BCUT2D eigenvalue weighted by Gasteiger charge is -2.38. The lowest BCUT2D eigenvalue weighted by atomic mass is 9.89. The number of hydrogen-bond acceptors (Lipinski definition) is 11. The number of cyclic esters (lactones) is 1. The van der Waals surface area contributed by atoms with Crippen molar-refractivity contribution in [2.24, 2.45) is 0 Å². The van der Waals surface area contributed by atoms with Crippen LogP contribution in [0, 0.1) is 0 Å². The summed E-state index contributed by atoms with van der Waals surface area (Å²) >= 11 is 0. The normalized spacial score (nSPS) is 23.5. The maximum atomic E-state index is 13.2. The zero-order valence-corrected chi connectivity index (χ0v) is 21.8. The highest BCUT2D eigenvalue weighted by Gasteiger charge is 2.43. The molecule has 0 saturated carbocycles. The van der Waals surface area contributed by atoms with Crippen LogP contribution in [0.2, 0.25) is 0 Å². The fourth-order valence-electron chi connectivity index (χ4n) is 5.37. The van der Waals surface area contributed by atoms with Gasteiger partial charge in [-0.15, -0.1) is 0 Å². The van der Waals surface area contributed by atoms with Gasteiger partial charge in [-0.05, 0) is 35.2 Å². The molecule has 0 radical (unpaired) electrons. The minimum absolute atomic E-state index is 0.0252. The van der Waals surface area contributed by atoms with Crippen molar-refractivity contribution in [3.8, 4) is 39.9 Å². The zero-order chi connectivity index (χ0) is 27.3. The first-order valence-corrected chi connectivity index (χ1v) is 12.3. The number of benzene rings is 3. The Hall–Kier alpha value is -3.77. The number of methoxy groups -OCH3 is 4. The number of carbonyl (C=O) groups is 1. The van der Waals surface area contributed by atoms with Crippen molar-refractivity contribution in [1.82, 2.24) is 0 Å². The highest BCUT2D eigenvalue weighted by Crippen LogP contribution is 2.49. The van der Waals surface area contributed by atoms with Crippen molar-refractivity contribution in [2.45, 2.75) is 31.2 Å². The molecule has 3 aromatic carbocycles. The highest BCUT2D eigenvalue weighted by atomic mass is 16.7. The van der Waals surface area contributed by atoms with Crippen molar-refractivity contribution in [1.29, 1.82) is 0 Å². The third-order valence-corrected chi connectivity index (χ3v) is 7.29. The summed E-state index contributed by atoms with van der Waals surface area (Å²) in [6.07, 6.45) is -3.44. The van der Waals surface area contributed by atoms with Crippen molar-refractivity contribution in [2.75, 3.05) is 41.8 Å². The van der Waals surface area contributed by atoms with Gasteiger partial charge in [0, 0.05) is 30.7 Å². The SMILES string of the molecule is COc1cc2c(O[C@H]3OC[C@@H](OC)[C@H](OC)[C@H]3O)c3c(c(-c4ccc5c(c4)OCO5)c2cc1OC)C(=O)OC3. The van der Waals surface area contributed by atoms with E-state index in [1.807, 2.05) is 12.1 Å². The molecule has 0 aliphatic carbocycles. The number of esters is 1. The summed E-state index contributed by atoms with van der Waals surface area (Å²) in [7, 11) is 6.07. The van der Waals surface area contributed by atoms with Gasteiger partial charge in [0.15, 0.2) is 23.0 Å². The van der Waals surface area contributed by atoms with E-state index < -0.39 is 30.6 Å². The minimum atomic E-state index is -1.17. The molecule has 1 saturated heterocycles. The molecule has 11 heteroatoms. The number of aliphatic hydroxyl groups excluding tert-OH is 1. The Kier molecular flexibility index (Phi) is 6.59. The van der Waals surface area contributed by atoms with Crippen molar-refractivity contribution in [3.05, 3.63) is 41.5 Å². The van der Waals surface area contributed by atoms with Crippen LogP contribution in [-0.4, -0.2) is 77.5 Å². The van der Waals surface area contributed by atoms with E-state index in [0.29, 0.717) is 56.2 Å². The fourth-order valence-corrected chi connectivity index (χ4v) is 5.37. The molecule has 4 atom stereocenters. The predicted molar refractivity (Wildman–Crippen MR) is 136 cm³/mol. The van der Waals surface area contributed by atoms with E-state index in [9.17, 15) is 9.90 Å². The average molecular weight is 541 g/mol. The topological polar surface area (TPSA) is 120 Å². The first-order valence-electron chi connectivity index (χ1n) is 12.3. The molecule has 1 N–H and O–H groups in total. The smallest absolute Gasteiger partial charge is 0.339 e. The van der Waals surface area contributed by atoms with E-state index in [-0.39, 0.29) is 20.0 Å². The van der Waals surface area contributed by atoms with Gasteiger partial charge in [0.05, 0.1) is 26.4 Å². The monoisotopic (exact) mass is 540 g/mol. The molecule has 0 spiro atoms. The summed E-state index contributed by atoms with van der Waals surface area (Å²) < 4.78 is 50.8. The van der Waals surface area contributed by atoms with Gasteiger partial charge in [-0.3, -0.25) is 0 Å². The van der Waals surface area contributed by atoms with Gasteiger partial charge in [-0.2, -0.15) is 0 Å². The lowest BCUT2D eigenvalue weighted by molar-refractivity contribution is -0.252. The maximum absolute atomic E-state index is 13.2. The summed E-state index contributed by atoms with van der Waals surface area (Å²) in [6, 6.07) is 9.02. The van der Waals surface area contributed by atoms with Crippen LogP contribution in [0.3, 0.4) is 0 Å². The van der Waals surface area contributed by atoms with E-state index in [2.05, 4.69) is 0 Å². The second-order valence-electron chi connectivity index (χ2n) is 9.24. The summed E-state index contributed by atoms with van der Waals surface area (Å²) in [4.78, 5) is 13.2.